The second-order valence-electron chi connectivity index (χ2n) is 6.89. The van der Waals surface area contributed by atoms with Crippen LogP contribution in [-0.4, -0.2) is 26.6 Å². The molecule has 1 atom stereocenters. The zero-order chi connectivity index (χ0) is 15.9. The minimum Gasteiger partial charge on any atom is -0.339 e. The summed E-state index contributed by atoms with van der Waals surface area (Å²) in [5, 5.41) is 5.44. The molecule has 5 nitrogen and oxygen atoms in total. The lowest BCUT2D eigenvalue weighted by Gasteiger charge is -2.21. The third-order valence-corrected chi connectivity index (χ3v) is 5.07. The first-order valence-corrected chi connectivity index (χ1v) is 8.79. The van der Waals surface area contributed by atoms with E-state index in [4.69, 9.17) is 9.51 Å². The van der Waals surface area contributed by atoms with Crippen LogP contribution < -0.4 is 0 Å². The number of hydrogen-bond acceptors (Lipinski definition) is 5. The van der Waals surface area contributed by atoms with E-state index in [0.29, 0.717) is 5.92 Å². The Morgan fingerprint density at radius 2 is 1.96 bits per heavy atom. The average molecular weight is 320 g/mol. The van der Waals surface area contributed by atoms with Crippen molar-refractivity contribution in [1.29, 1.82) is 0 Å². The van der Waals surface area contributed by atoms with Crippen molar-refractivity contribution >= 4 is 10.9 Å². The van der Waals surface area contributed by atoms with Crippen LogP contribution in [0.1, 0.15) is 55.1 Å². The highest BCUT2D eigenvalue weighted by Gasteiger charge is 2.34. The van der Waals surface area contributed by atoms with E-state index in [-0.39, 0.29) is 6.04 Å². The van der Waals surface area contributed by atoms with Crippen molar-refractivity contribution < 1.29 is 4.52 Å². The molecule has 2 aromatic heterocycles. The van der Waals surface area contributed by atoms with Gasteiger partial charge in [0.1, 0.15) is 0 Å². The molecule has 2 aliphatic rings. The fourth-order valence-electron chi connectivity index (χ4n) is 3.59. The molecule has 3 aromatic rings. The van der Waals surface area contributed by atoms with E-state index < -0.39 is 0 Å². The summed E-state index contributed by atoms with van der Waals surface area (Å²) >= 11 is 0. The molecule has 5 heteroatoms. The summed E-state index contributed by atoms with van der Waals surface area (Å²) in [4.78, 5) is 11.9. The molecule has 0 bridgehead atoms. The van der Waals surface area contributed by atoms with Gasteiger partial charge < -0.3 is 4.52 Å². The minimum absolute atomic E-state index is 0.259. The summed E-state index contributed by atoms with van der Waals surface area (Å²) < 4.78 is 5.45. The number of hydrogen-bond donors (Lipinski definition) is 0. The molecular weight excluding hydrogens is 300 g/mol. The topological polar surface area (TPSA) is 55.1 Å². The predicted molar refractivity (Wildman–Crippen MR) is 90.4 cm³/mol. The van der Waals surface area contributed by atoms with Gasteiger partial charge in [0.05, 0.1) is 17.3 Å². The molecule has 1 aliphatic heterocycles. The van der Waals surface area contributed by atoms with Crippen molar-refractivity contribution in [3.8, 4) is 0 Å². The fraction of sp³-hybridized carbons (Fsp3) is 0.421. The van der Waals surface area contributed by atoms with Gasteiger partial charge in [-0.3, -0.25) is 9.88 Å². The maximum atomic E-state index is 5.45. The van der Waals surface area contributed by atoms with Crippen molar-refractivity contribution in [2.45, 2.75) is 44.2 Å². The summed E-state index contributed by atoms with van der Waals surface area (Å²) in [5.74, 6) is 2.21. The van der Waals surface area contributed by atoms with E-state index in [9.17, 15) is 0 Å². The van der Waals surface area contributed by atoms with Crippen LogP contribution in [0.3, 0.4) is 0 Å². The lowest BCUT2D eigenvalue weighted by molar-refractivity contribution is 0.231. The molecule has 1 saturated carbocycles. The Hall–Kier alpha value is -2.27. The van der Waals surface area contributed by atoms with Crippen LogP contribution in [0.25, 0.3) is 10.9 Å². The third kappa shape index (κ3) is 2.59. The molecule has 0 unspecified atom stereocenters. The van der Waals surface area contributed by atoms with Crippen molar-refractivity contribution in [3.05, 3.63) is 53.8 Å². The number of pyridine rings is 1. The van der Waals surface area contributed by atoms with Gasteiger partial charge in [0.25, 0.3) is 0 Å². The van der Waals surface area contributed by atoms with Crippen molar-refractivity contribution in [1.82, 2.24) is 20.0 Å². The van der Waals surface area contributed by atoms with Crippen LogP contribution in [-0.2, 0) is 6.54 Å². The predicted octanol–water partition coefficient (Wildman–Crippen LogP) is 3.83. The lowest BCUT2D eigenvalue weighted by atomic mass is 10.2. The standard InChI is InChI=1S/C19H20N4O/c1-2-5-16-13(4-1)9-10-15(20-16)12-23-11-3-6-17(23)18-21-19(24-22-18)14-7-8-14/h1-2,4-5,9-10,14,17H,3,6-8,11-12H2/t17-/m1/s1. The number of rotatable bonds is 4. The van der Waals surface area contributed by atoms with Crippen LogP contribution in [0.2, 0.25) is 0 Å². The zero-order valence-corrected chi connectivity index (χ0v) is 13.6. The quantitative estimate of drug-likeness (QED) is 0.731. The number of para-hydroxylation sites is 1. The number of fused-ring (bicyclic) bond motifs is 1. The van der Waals surface area contributed by atoms with Gasteiger partial charge in [0.15, 0.2) is 5.82 Å². The van der Waals surface area contributed by atoms with Gasteiger partial charge >= 0.3 is 0 Å². The van der Waals surface area contributed by atoms with E-state index in [1.54, 1.807) is 0 Å². The Kier molecular flexibility index (Phi) is 3.33. The second kappa shape index (κ2) is 5.67. The Balaban J connectivity index is 1.37. The minimum atomic E-state index is 0.259. The summed E-state index contributed by atoms with van der Waals surface area (Å²) in [5.41, 5.74) is 2.16. The third-order valence-electron chi connectivity index (χ3n) is 5.07. The Morgan fingerprint density at radius 3 is 2.88 bits per heavy atom. The van der Waals surface area contributed by atoms with Crippen LogP contribution in [0, 0.1) is 0 Å². The molecule has 0 spiro atoms. The van der Waals surface area contributed by atoms with Gasteiger partial charge in [0.2, 0.25) is 5.89 Å². The first kappa shape index (κ1) is 14.1. The van der Waals surface area contributed by atoms with E-state index in [1.807, 2.05) is 12.1 Å². The number of aromatic nitrogens is 3. The van der Waals surface area contributed by atoms with Crippen molar-refractivity contribution in [3.63, 3.8) is 0 Å². The molecule has 0 radical (unpaired) electrons. The Labute approximate surface area is 140 Å². The van der Waals surface area contributed by atoms with Crippen LogP contribution in [0.5, 0.6) is 0 Å². The van der Waals surface area contributed by atoms with Crippen molar-refractivity contribution in [2.24, 2.45) is 0 Å². The van der Waals surface area contributed by atoms with E-state index in [1.165, 1.54) is 24.6 Å². The second-order valence-corrected chi connectivity index (χ2v) is 6.89. The molecule has 5 rings (SSSR count). The Morgan fingerprint density at radius 1 is 1.04 bits per heavy atom. The summed E-state index contributed by atoms with van der Waals surface area (Å²) in [6.45, 7) is 1.90. The van der Waals surface area contributed by atoms with Gasteiger partial charge in [-0.2, -0.15) is 4.98 Å². The summed E-state index contributed by atoms with van der Waals surface area (Å²) in [7, 11) is 0. The summed E-state index contributed by atoms with van der Waals surface area (Å²) in [6, 6.07) is 12.8. The zero-order valence-electron chi connectivity index (χ0n) is 13.6. The molecule has 1 aromatic carbocycles. The molecule has 3 heterocycles. The van der Waals surface area contributed by atoms with Gasteiger partial charge in [-0.15, -0.1) is 0 Å². The smallest absolute Gasteiger partial charge is 0.229 e. The molecule has 1 saturated heterocycles. The molecule has 24 heavy (non-hydrogen) atoms. The Bertz CT molecular complexity index is 870. The molecule has 0 N–H and O–H groups in total. The van der Waals surface area contributed by atoms with Crippen LogP contribution >= 0.6 is 0 Å². The number of likely N-dealkylation sites (tertiary alicyclic amines) is 1. The first-order chi connectivity index (χ1) is 11.9. The van der Waals surface area contributed by atoms with Gasteiger partial charge in [-0.1, -0.05) is 29.4 Å². The van der Waals surface area contributed by atoms with E-state index in [0.717, 1.165) is 42.4 Å². The summed E-state index contributed by atoms with van der Waals surface area (Å²) in [6.07, 6.45) is 4.65. The van der Waals surface area contributed by atoms with E-state index >= 15 is 0 Å². The maximum absolute atomic E-state index is 5.45. The number of nitrogens with zero attached hydrogens (tertiary/aromatic N) is 4. The molecule has 2 fully saturated rings. The average Bonchev–Trinajstić information content (AvgIpc) is 3.16. The number of benzene rings is 1. The van der Waals surface area contributed by atoms with Gasteiger partial charge in [-0.25, -0.2) is 0 Å². The SMILES string of the molecule is c1ccc2nc(CN3CCC[C@@H]3c3noc(C4CC4)n3)ccc2c1. The van der Waals surface area contributed by atoms with Gasteiger partial charge in [0, 0.05) is 17.8 Å². The lowest BCUT2D eigenvalue weighted by Crippen LogP contribution is -2.24. The normalized spacial score (nSPS) is 21.6. The highest BCUT2D eigenvalue weighted by molar-refractivity contribution is 5.78. The largest absolute Gasteiger partial charge is 0.339 e. The highest BCUT2D eigenvalue weighted by Crippen LogP contribution is 2.40. The molecular formula is C19H20N4O. The van der Waals surface area contributed by atoms with Crippen LogP contribution in [0.15, 0.2) is 40.9 Å². The van der Waals surface area contributed by atoms with Gasteiger partial charge in [-0.05, 0) is 44.4 Å². The molecule has 122 valence electrons. The molecule has 1 aliphatic carbocycles. The fourth-order valence-corrected chi connectivity index (χ4v) is 3.59. The monoisotopic (exact) mass is 320 g/mol. The van der Waals surface area contributed by atoms with Crippen molar-refractivity contribution in [2.75, 3.05) is 6.54 Å². The maximum Gasteiger partial charge on any atom is 0.229 e. The first-order valence-electron chi connectivity index (χ1n) is 8.79. The van der Waals surface area contributed by atoms with E-state index in [2.05, 4.69) is 39.3 Å². The molecule has 0 amide bonds. The highest BCUT2D eigenvalue weighted by atomic mass is 16.5. The van der Waals surface area contributed by atoms with Crippen LogP contribution in [0.4, 0.5) is 0 Å².